The van der Waals surface area contributed by atoms with Crippen molar-refractivity contribution in [2.45, 2.75) is 6.54 Å². The Hall–Kier alpha value is -3.84. The number of rotatable bonds is 7. The highest BCUT2D eigenvalue weighted by Gasteiger charge is 2.17. The van der Waals surface area contributed by atoms with Crippen molar-refractivity contribution in [3.63, 3.8) is 0 Å². The van der Waals surface area contributed by atoms with Gasteiger partial charge in [0.1, 0.15) is 5.75 Å². The first-order valence-electron chi connectivity index (χ1n) is 9.48. The number of halogens is 1. The minimum atomic E-state index is -0.350. The molecule has 0 aliphatic rings. The number of hydrogen-bond acceptors (Lipinski definition) is 6. The Morgan fingerprint density at radius 3 is 2.61 bits per heavy atom. The fourth-order valence-corrected chi connectivity index (χ4v) is 2.95. The van der Waals surface area contributed by atoms with Crippen LogP contribution in [0.25, 0.3) is 17.7 Å². The molecular weight excluding hydrogens is 416 g/mol. The molecular formula is C23H19ClN4O3. The molecule has 0 aliphatic heterocycles. The largest absolute Gasteiger partial charge is 0.497 e. The van der Waals surface area contributed by atoms with Crippen LogP contribution in [0.4, 0.5) is 5.95 Å². The third kappa shape index (κ3) is 5.02. The van der Waals surface area contributed by atoms with Gasteiger partial charge in [0.05, 0.1) is 13.4 Å². The number of methoxy groups -OCH3 is 1. The molecule has 0 bridgehead atoms. The van der Waals surface area contributed by atoms with Crippen LogP contribution in [0.3, 0.4) is 0 Å². The summed E-state index contributed by atoms with van der Waals surface area (Å²) in [5.74, 6) is 1.52. The summed E-state index contributed by atoms with van der Waals surface area (Å²) >= 11 is 5.91. The number of benzene rings is 2. The van der Waals surface area contributed by atoms with Crippen molar-refractivity contribution < 1.29 is 13.9 Å². The van der Waals surface area contributed by atoms with Gasteiger partial charge in [0.15, 0.2) is 5.76 Å². The van der Waals surface area contributed by atoms with Gasteiger partial charge < -0.3 is 14.5 Å². The quantitative estimate of drug-likeness (QED) is 0.404. The number of carbonyl (C=O) groups is 1. The highest BCUT2D eigenvalue weighted by atomic mass is 35.5. The van der Waals surface area contributed by atoms with Crippen LogP contribution in [0.1, 0.15) is 15.9 Å². The average Bonchev–Trinajstić information content (AvgIpc) is 3.47. The first kappa shape index (κ1) is 20.4. The topological polar surface area (TPSA) is 82.2 Å². The molecule has 0 fully saturated rings. The average molecular weight is 435 g/mol. The zero-order valence-electron chi connectivity index (χ0n) is 16.7. The number of aromatic nitrogens is 3. The summed E-state index contributed by atoms with van der Waals surface area (Å²) in [7, 11) is 1.62. The summed E-state index contributed by atoms with van der Waals surface area (Å²) in [6.07, 6.45) is 4.66. The molecule has 0 radical (unpaired) electrons. The third-order valence-corrected chi connectivity index (χ3v) is 4.71. The number of ether oxygens (including phenoxy) is 1. The normalized spacial score (nSPS) is 11.0. The molecule has 7 nitrogen and oxygen atoms in total. The number of nitrogens with zero attached hydrogens (tertiary/aromatic N) is 3. The molecule has 0 spiro atoms. The molecule has 2 aromatic carbocycles. The number of allylic oxidation sites excluding steroid dienone is 1. The van der Waals surface area contributed by atoms with Crippen molar-refractivity contribution >= 4 is 29.5 Å². The summed E-state index contributed by atoms with van der Waals surface area (Å²) in [4.78, 5) is 17.3. The van der Waals surface area contributed by atoms with E-state index in [1.165, 1.54) is 17.0 Å². The molecule has 156 valence electrons. The smallest absolute Gasteiger partial charge is 0.274 e. The fraction of sp³-hybridized carbons (Fsp3) is 0.0870. The summed E-state index contributed by atoms with van der Waals surface area (Å²) in [5.41, 5.74) is 1.84. The van der Waals surface area contributed by atoms with Crippen LogP contribution >= 0.6 is 11.6 Å². The van der Waals surface area contributed by atoms with Crippen molar-refractivity contribution in [3.8, 4) is 17.3 Å². The van der Waals surface area contributed by atoms with Crippen LogP contribution in [0.2, 0.25) is 5.02 Å². The van der Waals surface area contributed by atoms with Gasteiger partial charge in [-0.1, -0.05) is 35.9 Å². The summed E-state index contributed by atoms with van der Waals surface area (Å²) in [6, 6.07) is 18.3. The number of carbonyl (C=O) groups excluding carboxylic acids is 1. The minimum absolute atomic E-state index is 0.313. The predicted molar refractivity (Wildman–Crippen MR) is 119 cm³/mol. The van der Waals surface area contributed by atoms with E-state index in [-0.39, 0.29) is 5.91 Å². The maximum atomic E-state index is 12.8. The van der Waals surface area contributed by atoms with Gasteiger partial charge in [-0.25, -0.2) is 0 Å². The van der Waals surface area contributed by atoms with E-state index >= 15 is 0 Å². The summed E-state index contributed by atoms with van der Waals surface area (Å²) < 4.78 is 11.8. The first-order valence-corrected chi connectivity index (χ1v) is 9.86. The van der Waals surface area contributed by atoms with E-state index in [1.54, 1.807) is 37.5 Å². The second-order valence-electron chi connectivity index (χ2n) is 6.57. The minimum Gasteiger partial charge on any atom is -0.497 e. The predicted octanol–water partition coefficient (Wildman–Crippen LogP) is 5.17. The molecule has 8 heteroatoms. The van der Waals surface area contributed by atoms with E-state index < -0.39 is 0 Å². The Bertz CT molecular complexity index is 1180. The standard InChI is InChI=1S/C23H19ClN4O3/c1-30-19-11-6-17(7-12-19)15-25-23-26-22(20-3-2-14-31-20)27-28(23)21(29)13-8-16-4-9-18(24)10-5-16/h2-14H,15H2,1H3,(H,25,26,27). The van der Waals surface area contributed by atoms with Gasteiger partial charge in [-0.05, 0) is 53.6 Å². The number of nitrogens with one attached hydrogen (secondary N) is 1. The molecule has 0 atom stereocenters. The van der Waals surface area contributed by atoms with Crippen molar-refractivity contribution in [3.05, 3.63) is 89.2 Å². The van der Waals surface area contributed by atoms with Gasteiger partial charge in [-0.3, -0.25) is 4.79 Å². The van der Waals surface area contributed by atoms with Crippen LogP contribution in [0.15, 0.2) is 77.4 Å². The highest BCUT2D eigenvalue weighted by Crippen LogP contribution is 2.20. The van der Waals surface area contributed by atoms with E-state index in [4.69, 9.17) is 20.8 Å². The molecule has 0 amide bonds. The maximum absolute atomic E-state index is 12.8. The van der Waals surface area contributed by atoms with Gasteiger partial charge in [0.2, 0.25) is 11.8 Å². The van der Waals surface area contributed by atoms with E-state index in [0.29, 0.717) is 29.1 Å². The third-order valence-electron chi connectivity index (χ3n) is 4.46. The molecule has 2 heterocycles. The molecule has 0 saturated heterocycles. The van der Waals surface area contributed by atoms with Gasteiger partial charge >= 0.3 is 0 Å². The van der Waals surface area contributed by atoms with E-state index in [0.717, 1.165) is 16.9 Å². The van der Waals surface area contributed by atoms with Crippen LogP contribution < -0.4 is 10.1 Å². The Kier molecular flexibility index (Phi) is 6.14. The summed E-state index contributed by atoms with van der Waals surface area (Å²) in [5, 5.41) is 8.13. The van der Waals surface area contributed by atoms with Crippen molar-refractivity contribution in [1.29, 1.82) is 0 Å². The van der Waals surface area contributed by atoms with Gasteiger partial charge in [-0.15, -0.1) is 5.10 Å². The first-order chi connectivity index (χ1) is 15.1. The lowest BCUT2D eigenvalue weighted by atomic mass is 10.2. The monoisotopic (exact) mass is 434 g/mol. The molecule has 2 aromatic heterocycles. The van der Waals surface area contributed by atoms with Gasteiger partial charge in [-0.2, -0.15) is 9.67 Å². The second-order valence-corrected chi connectivity index (χ2v) is 7.01. The molecule has 4 aromatic rings. The maximum Gasteiger partial charge on any atom is 0.274 e. The molecule has 0 aliphatic carbocycles. The van der Waals surface area contributed by atoms with E-state index in [9.17, 15) is 4.79 Å². The number of furan rings is 1. The van der Waals surface area contributed by atoms with E-state index in [2.05, 4.69) is 15.4 Å². The van der Waals surface area contributed by atoms with Crippen molar-refractivity contribution in [1.82, 2.24) is 14.8 Å². The highest BCUT2D eigenvalue weighted by molar-refractivity contribution is 6.30. The number of anilines is 1. The van der Waals surface area contributed by atoms with Crippen LogP contribution in [-0.2, 0) is 6.54 Å². The fourth-order valence-electron chi connectivity index (χ4n) is 2.83. The molecule has 4 rings (SSSR count). The summed E-state index contributed by atoms with van der Waals surface area (Å²) in [6.45, 7) is 0.453. The molecule has 0 saturated carbocycles. The number of hydrogen-bond donors (Lipinski definition) is 1. The lowest BCUT2D eigenvalue weighted by Gasteiger charge is -2.07. The molecule has 1 N–H and O–H groups in total. The Morgan fingerprint density at radius 2 is 1.94 bits per heavy atom. The zero-order chi connectivity index (χ0) is 21.6. The van der Waals surface area contributed by atoms with Crippen molar-refractivity contribution in [2.24, 2.45) is 0 Å². The van der Waals surface area contributed by atoms with Gasteiger partial charge in [0, 0.05) is 17.6 Å². The van der Waals surface area contributed by atoms with Gasteiger partial charge in [0.25, 0.3) is 5.91 Å². The Labute approximate surface area is 183 Å². The molecule has 31 heavy (non-hydrogen) atoms. The lowest BCUT2D eigenvalue weighted by Crippen LogP contribution is -2.14. The zero-order valence-corrected chi connectivity index (χ0v) is 17.4. The van der Waals surface area contributed by atoms with Crippen molar-refractivity contribution in [2.75, 3.05) is 12.4 Å². The lowest BCUT2D eigenvalue weighted by molar-refractivity contribution is 0.0957. The van der Waals surface area contributed by atoms with Crippen LogP contribution in [0.5, 0.6) is 5.75 Å². The SMILES string of the molecule is COc1ccc(CNc2nc(-c3ccco3)nn2C(=O)C=Cc2ccc(Cl)cc2)cc1. The molecule has 0 unspecified atom stereocenters. The second kappa shape index (κ2) is 9.32. The van der Waals surface area contributed by atoms with Crippen LogP contribution in [0, 0.1) is 0 Å². The van der Waals surface area contributed by atoms with Crippen LogP contribution in [-0.4, -0.2) is 27.8 Å². The Morgan fingerprint density at radius 1 is 1.16 bits per heavy atom. The Balaban J connectivity index is 1.57. The van der Waals surface area contributed by atoms with E-state index in [1.807, 2.05) is 36.4 Å².